The smallest absolute Gasteiger partial charge is 0.251 e. The van der Waals surface area contributed by atoms with Gasteiger partial charge < -0.3 is 10.2 Å². The highest BCUT2D eigenvalue weighted by molar-refractivity contribution is 7.98. The molecule has 0 spiro atoms. The summed E-state index contributed by atoms with van der Waals surface area (Å²) in [6.07, 6.45) is 7.50. The molecule has 1 amide bonds. The van der Waals surface area contributed by atoms with E-state index in [9.17, 15) is 4.79 Å². The molecule has 2 aromatic rings. The van der Waals surface area contributed by atoms with E-state index in [0.717, 1.165) is 23.8 Å². The molecule has 126 valence electrons. The quantitative estimate of drug-likeness (QED) is 0.846. The second-order valence-corrected chi connectivity index (χ2v) is 6.67. The van der Waals surface area contributed by atoms with E-state index in [0.29, 0.717) is 17.9 Å². The zero-order chi connectivity index (χ0) is 16.8. The molecular formula is C18H22N4OS. The van der Waals surface area contributed by atoms with E-state index < -0.39 is 0 Å². The molecule has 1 aromatic heterocycles. The Morgan fingerprint density at radius 1 is 1.17 bits per heavy atom. The molecule has 0 radical (unpaired) electrons. The van der Waals surface area contributed by atoms with Crippen LogP contribution in [0.3, 0.4) is 0 Å². The molecule has 6 heteroatoms. The fraction of sp³-hybridized carbons (Fsp3) is 0.389. The number of amides is 1. The summed E-state index contributed by atoms with van der Waals surface area (Å²) >= 11 is 1.66. The van der Waals surface area contributed by atoms with Crippen molar-refractivity contribution in [3.05, 3.63) is 47.9 Å². The van der Waals surface area contributed by atoms with Crippen molar-refractivity contribution in [1.29, 1.82) is 0 Å². The van der Waals surface area contributed by atoms with Gasteiger partial charge >= 0.3 is 0 Å². The molecule has 0 atom stereocenters. The molecule has 0 aliphatic carbocycles. The van der Waals surface area contributed by atoms with Crippen molar-refractivity contribution in [2.45, 2.75) is 30.7 Å². The van der Waals surface area contributed by atoms with Crippen LogP contribution in [0.25, 0.3) is 0 Å². The first-order valence-corrected chi connectivity index (χ1v) is 9.48. The molecule has 0 bridgehead atoms. The van der Waals surface area contributed by atoms with Gasteiger partial charge in [-0.15, -0.1) is 11.8 Å². The molecule has 1 aliphatic heterocycles. The van der Waals surface area contributed by atoms with Crippen LogP contribution in [0.1, 0.15) is 35.4 Å². The van der Waals surface area contributed by atoms with Crippen LogP contribution in [0.15, 0.2) is 41.4 Å². The fourth-order valence-corrected chi connectivity index (χ4v) is 3.18. The van der Waals surface area contributed by atoms with Crippen LogP contribution in [0, 0.1) is 0 Å². The number of hydrogen-bond donors (Lipinski definition) is 1. The van der Waals surface area contributed by atoms with Crippen LogP contribution in [0.2, 0.25) is 0 Å². The summed E-state index contributed by atoms with van der Waals surface area (Å²) in [7, 11) is 0. The van der Waals surface area contributed by atoms with E-state index in [1.807, 2.05) is 36.6 Å². The fourth-order valence-electron chi connectivity index (χ4n) is 2.78. The van der Waals surface area contributed by atoms with Crippen molar-refractivity contribution in [3.63, 3.8) is 0 Å². The molecule has 0 saturated carbocycles. The van der Waals surface area contributed by atoms with Crippen molar-refractivity contribution in [3.8, 4) is 0 Å². The number of piperidine rings is 1. The summed E-state index contributed by atoms with van der Waals surface area (Å²) in [6.45, 7) is 2.43. The number of carbonyl (C=O) groups excluding carboxylic acids is 1. The Morgan fingerprint density at radius 3 is 2.62 bits per heavy atom. The Kier molecular flexibility index (Phi) is 5.69. The Morgan fingerprint density at radius 2 is 1.92 bits per heavy atom. The van der Waals surface area contributed by atoms with Crippen LogP contribution in [-0.2, 0) is 6.54 Å². The first-order valence-electron chi connectivity index (χ1n) is 8.25. The van der Waals surface area contributed by atoms with Crippen molar-refractivity contribution in [1.82, 2.24) is 15.3 Å². The Bertz CT molecular complexity index is 684. The first-order chi connectivity index (χ1) is 11.8. The lowest BCUT2D eigenvalue weighted by atomic mass is 10.1. The van der Waals surface area contributed by atoms with E-state index in [1.54, 1.807) is 18.0 Å². The van der Waals surface area contributed by atoms with Gasteiger partial charge in [0, 0.05) is 29.7 Å². The second-order valence-electron chi connectivity index (χ2n) is 5.79. The third kappa shape index (κ3) is 4.26. The monoisotopic (exact) mass is 342 g/mol. The first kappa shape index (κ1) is 16.8. The van der Waals surface area contributed by atoms with Gasteiger partial charge in [0.25, 0.3) is 5.91 Å². The summed E-state index contributed by atoms with van der Waals surface area (Å²) in [5, 5.41) is 2.89. The number of benzene rings is 1. The van der Waals surface area contributed by atoms with Crippen LogP contribution in [0.4, 0.5) is 5.82 Å². The second kappa shape index (κ2) is 8.15. The number of thioether (sulfide) groups is 1. The minimum absolute atomic E-state index is 0.102. The topological polar surface area (TPSA) is 58.1 Å². The van der Waals surface area contributed by atoms with E-state index in [1.165, 1.54) is 19.3 Å². The average Bonchev–Trinajstić information content (AvgIpc) is 2.67. The molecule has 1 N–H and O–H groups in total. The average molecular weight is 342 g/mol. The molecule has 3 rings (SSSR count). The van der Waals surface area contributed by atoms with Crippen molar-refractivity contribution in [2.24, 2.45) is 0 Å². The van der Waals surface area contributed by atoms with Crippen LogP contribution in [-0.4, -0.2) is 35.2 Å². The molecule has 1 saturated heterocycles. The van der Waals surface area contributed by atoms with Gasteiger partial charge in [-0.1, -0.05) is 0 Å². The van der Waals surface area contributed by atoms with Gasteiger partial charge in [-0.05, 0) is 55.9 Å². The number of carbonyl (C=O) groups is 1. The van der Waals surface area contributed by atoms with Crippen LogP contribution in [0.5, 0.6) is 0 Å². The number of anilines is 1. The van der Waals surface area contributed by atoms with E-state index in [2.05, 4.69) is 20.2 Å². The summed E-state index contributed by atoms with van der Waals surface area (Å²) in [6, 6.07) is 9.52. The van der Waals surface area contributed by atoms with Gasteiger partial charge in [-0.2, -0.15) is 0 Å². The maximum atomic E-state index is 12.2. The highest BCUT2D eigenvalue weighted by Gasteiger charge is 2.13. The normalized spacial score (nSPS) is 14.5. The Hall–Kier alpha value is -2.08. The van der Waals surface area contributed by atoms with Crippen molar-refractivity contribution in [2.75, 3.05) is 24.2 Å². The summed E-state index contributed by atoms with van der Waals surface area (Å²) in [5.74, 6) is 1.50. The van der Waals surface area contributed by atoms with Gasteiger partial charge in [-0.25, -0.2) is 9.97 Å². The molecular weight excluding hydrogens is 320 g/mol. The number of nitrogens with one attached hydrogen (secondary N) is 1. The number of nitrogens with zero attached hydrogens (tertiary/aromatic N) is 3. The van der Waals surface area contributed by atoms with E-state index >= 15 is 0 Å². The summed E-state index contributed by atoms with van der Waals surface area (Å²) in [4.78, 5) is 24.5. The van der Waals surface area contributed by atoms with Gasteiger partial charge in [0.15, 0.2) is 0 Å². The maximum Gasteiger partial charge on any atom is 0.251 e. The maximum absolute atomic E-state index is 12.2. The number of aromatic nitrogens is 2. The largest absolute Gasteiger partial charge is 0.357 e. The number of hydrogen-bond acceptors (Lipinski definition) is 5. The van der Waals surface area contributed by atoms with Gasteiger partial charge in [0.2, 0.25) is 0 Å². The lowest BCUT2D eigenvalue weighted by Gasteiger charge is -2.27. The molecule has 1 fully saturated rings. The zero-order valence-corrected chi connectivity index (χ0v) is 14.7. The highest BCUT2D eigenvalue weighted by Crippen LogP contribution is 2.17. The lowest BCUT2D eigenvalue weighted by Crippen LogP contribution is -2.31. The third-order valence-corrected chi connectivity index (χ3v) is 4.87. The third-order valence-electron chi connectivity index (χ3n) is 4.13. The molecule has 0 unspecified atom stereocenters. The van der Waals surface area contributed by atoms with Gasteiger partial charge in [0.1, 0.15) is 11.6 Å². The Labute approximate surface area is 146 Å². The highest BCUT2D eigenvalue weighted by atomic mass is 32.2. The molecule has 2 heterocycles. The standard InChI is InChI=1S/C18H22N4OS/c1-24-15-7-5-14(6-8-15)18(23)20-13-16-19-10-9-17(21-16)22-11-3-2-4-12-22/h5-10H,2-4,11-13H2,1H3,(H,20,23). The van der Waals surface area contributed by atoms with Crippen molar-refractivity contribution < 1.29 is 4.79 Å². The molecule has 5 nitrogen and oxygen atoms in total. The van der Waals surface area contributed by atoms with E-state index in [4.69, 9.17) is 0 Å². The SMILES string of the molecule is CSc1ccc(C(=O)NCc2nccc(N3CCCCC3)n2)cc1. The minimum Gasteiger partial charge on any atom is -0.357 e. The molecule has 24 heavy (non-hydrogen) atoms. The molecule has 1 aromatic carbocycles. The minimum atomic E-state index is -0.102. The number of rotatable bonds is 5. The lowest BCUT2D eigenvalue weighted by molar-refractivity contribution is 0.0950. The van der Waals surface area contributed by atoms with Gasteiger partial charge in [-0.3, -0.25) is 4.79 Å². The van der Waals surface area contributed by atoms with E-state index in [-0.39, 0.29) is 5.91 Å². The van der Waals surface area contributed by atoms with Crippen LogP contribution < -0.4 is 10.2 Å². The summed E-state index contributed by atoms with van der Waals surface area (Å²) < 4.78 is 0. The predicted molar refractivity (Wildman–Crippen MR) is 97.5 cm³/mol. The summed E-state index contributed by atoms with van der Waals surface area (Å²) in [5.41, 5.74) is 0.653. The predicted octanol–water partition coefficient (Wildman–Crippen LogP) is 3.12. The van der Waals surface area contributed by atoms with Crippen molar-refractivity contribution >= 4 is 23.5 Å². The zero-order valence-electron chi connectivity index (χ0n) is 13.9. The van der Waals surface area contributed by atoms with Gasteiger partial charge in [0.05, 0.1) is 6.54 Å². The molecule has 1 aliphatic rings. The Balaban J connectivity index is 1.60. The van der Waals surface area contributed by atoms with Crippen LogP contribution >= 0.6 is 11.8 Å².